The van der Waals surface area contributed by atoms with E-state index in [2.05, 4.69) is 15.4 Å². The molecule has 0 unspecified atom stereocenters. The van der Waals surface area contributed by atoms with Gasteiger partial charge < -0.3 is 9.84 Å². The van der Waals surface area contributed by atoms with E-state index < -0.39 is 17.6 Å². The minimum absolute atomic E-state index is 0.286. The summed E-state index contributed by atoms with van der Waals surface area (Å²) < 4.78 is 5.27. The molecule has 2 heterocycles. The molecule has 8 nitrogen and oxygen atoms in total. The van der Waals surface area contributed by atoms with Crippen LogP contribution in [-0.4, -0.2) is 58.3 Å². The van der Waals surface area contributed by atoms with Crippen molar-refractivity contribution in [3.05, 3.63) is 70.0 Å². The van der Waals surface area contributed by atoms with Crippen LogP contribution in [0.3, 0.4) is 0 Å². The lowest BCUT2D eigenvalue weighted by Gasteiger charge is -2.27. The van der Waals surface area contributed by atoms with Gasteiger partial charge in [-0.1, -0.05) is 47.5 Å². The Morgan fingerprint density at radius 2 is 1.31 bits per heavy atom. The van der Waals surface area contributed by atoms with E-state index in [1.54, 1.807) is 53.5 Å². The van der Waals surface area contributed by atoms with Gasteiger partial charge in [-0.3, -0.25) is 10.2 Å². The van der Waals surface area contributed by atoms with E-state index in [1.165, 1.54) is 0 Å². The standard InChI is InChI=1S/C22H18Cl2N4O4/c23-15-5-1-13(2-6-15)17-18(14-3-7-16(24)8-4-14)26-20(22(30)31)19(25-17)21(29)27-28-9-11-32-12-10-28/h1-8H,9-12H2,(H,27,29)(H,30,31). The van der Waals surface area contributed by atoms with Gasteiger partial charge in [0.15, 0.2) is 11.4 Å². The topological polar surface area (TPSA) is 105 Å². The van der Waals surface area contributed by atoms with Gasteiger partial charge in [-0.15, -0.1) is 0 Å². The van der Waals surface area contributed by atoms with Crippen LogP contribution in [0.4, 0.5) is 0 Å². The number of hydrazine groups is 1. The first-order valence-corrected chi connectivity index (χ1v) is 10.5. The van der Waals surface area contributed by atoms with Gasteiger partial charge in [-0.2, -0.15) is 0 Å². The van der Waals surface area contributed by atoms with E-state index in [0.29, 0.717) is 58.9 Å². The summed E-state index contributed by atoms with van der Waals surface area (Å²) in [5.74, 6) is -2.02. The zero-order chi connectivity index (χ0) is 22.7. The van der Waals surface area contributed by atoms with Crippen molar-refractivity contribution in [3.63, 3.8) is 0 Å². The normalized spacial score (nSPS) is 14.2. The van der Waals surface area contributed by atoms with Crippen LogP contribution < -0.4 is 5.43 Å². The van der Waals surface area contributed by atoms with Crippen LogP contribution in [0.2, 0.25) is 10.0 Å². The highest BCUT2D eigenvalue weighted by Gasteiger charge is 2.26. The molecule has 1 amide bonds. The average Bonchev–Trinajstić information content (AvgIpc) is 2.80. The molecule has 10 heteroatoms. The summed E-state index contributed by atoms with van der Waals surface area (Å²) in [4.78, 5) is 33.8. The number of rotatable bonds is 5. The van der Waals surface area contributed by atoms with E-state index in [4.69, 9.17) is 27.9 Å². The van der Waals surface area contributed by atoms with Gasteiger partial charge in [0.25, 0.3) is 5.91 Å². The second-order valence-corrected chi connectivity index (χ2v) is 7.85. The lowest BCUT2D eigenvalue weighted by Crippen LogP contribution is -2.48. The molecule has 1 fully saturated rings. The second kappa shape index (κ2) is 9.62. The molecule has 1 aromatic heterocycles. The van der Waals surface area contributed by atoms with Crippen molar-refractivity contribution in [2.24, 2.45) is 0 Å². The Morgan fingerprint density at radius 1 is 0.844 bits per heavy atom. The van der Waals surface area contributed by atoms with Crippen LogP contribution in [0.1, 0.15) is 21.0 Å². The maximum Gasteiger partial charge on any atom is 0.357 e. The first-order chi connectivity index (χ1) is 15.4. The molecule has 1 saturated heterocycles. The van der Waals surface area contributed by atoms with Crippen molar-refractivity contribution >= 4 is 35.1 Å². The monoisotopic (exact) mass is 472 g/mol. The van der Waals surface area contributed by atoms with Gasteiger partial charge in [0.05, 0.1) is 24.6 Å². The Bertz CT molecular complexity index is 1150. The smallest absolute Gasteiger partial charge is 0.357 e. The lowest BCUT2D eigenvalue weighted by atomic mass is 10.0. The number of amides is 1. The molecule has 3 aromatic rings. The Hall–Kier alpha value is -3.04. The summed E-state index contributed by atoms with van der Waals surface area (Å²) in [5, 5.41) is 12.5. The van der Waals surface area contributed by atoms with Crippen LogP contribution in [0.5, 0.6) is 0 Å². The lowest BCUT2D eigenvalue weighted by molar-refractivity contribution is 0.0123. The van der Waals surface area contributed by atoms with Crippen molar-refractivity contribution in [3.8, 4) is 22.5 Å². The highest BCUT2D eigenvalue weighted by Crippen LogP contribution is 2.31. The molecule has 4 rings (SSSR count). The largest absolute Gasteiger partial charge is 0.476 e. The molecule has 32 heavy (non-hydrogen) atoms. The first kappa shape index (κ1) is 22.2. The Morgan fingerprint density at radius 3 is 1.78 bits per heavy atom. The summed E-state index contributed by atoms with van der Waals surface area (Å²) in [5.41, 5.74) is 3.86. The molecule has 1 aliphatic heterocycles. The van der Waals surface area contributed by atoms with E-state index in [1.807, 2.05) is 0 Å². The van der Waals surface area contributed by atoms with Crippen molar-refractivity contribution in [2.45, 2.75) is 0 Å². The number of aromatic carboxylic acids is 1. The molecule has 2 aromatic carbocycles. The van der Waals surface area contributed by atoms with Crippen LogP contribution in [-0.2, 0) is 4.74 Å². The molecule has 0 spiro atoms. The minimum atomic E-state index is -1.36. The molecule has 0 saturated carbocycles. The summed E-state index contributed by atoms with van der Waals surface area (Å²) in [6.45, 7) is 1.88. The van der Waals surface area contributed by atoms with E-state index in [0.717, 1.165) is 0 Å². The summed E-state index contributed by atoms with van der Waals surface area (Å²) in [6.07, 6.45) is 0. The number of ether oxygens (including phenoxy) is 1. The third-order valence-electron chi connectivity index (χ3n) is 4.82. The van der Waals surface area contributed by atoms with Gasteiger partial charge in [-0.05, 0) is 24.3 Å². The molecule has 164 valence electrons. The fourth-order valence-electron chi connectivity index (χ4n) is 3.23. The number of nitrogens with one attached hydrogen (secondary N) is 1. The maximum absolute atomic E-state index is 13.0. The number of hydrogen-bond donors (Lipinski definition) is 2. The number of carbonyl (C=O) groups is 2. The molecule has 0 aliphatic carbocycles. The first-order valence-electron chi connectivity index (χ1n) is 9.73. The maximum atomic E-state index is 13.0. The van der Waals surface area contributed by atoms with Crippen LogP contribution >= 0.6 is 23.2 Å². The van der Waals surface area contributed by atoms with Gasteiger partial charge in [0.2, 0.25) is 0 Å². The molecule has 0 radical (unpaired) electrons. The average molecular weight is 473 g/mol. The SMILES string of the molecule is O=C(O)c1nc(-c2ccc(Cl)cc2)c(-c2ccc(Cl)cc2)nc1C(=O)NN1CCOCC1. The molecule has 1 aliphatic rings. The van der Waals surface area contributed by atoms with Gasteiger partial charge in [0, 0.05) is 34.3 Å². The number of nitrogens with zero attached hydrogens (tertiary/aromatic N) is 3. The molecular formula is C22H18Cl2N4O4. The number of carbonyl (C=O) groups excluding carboxylic acids is 1. The van der Waals surface area contributed by atoms with Crippen molar-refractivity contribution in [1.29, 1.82) is 0 Å². The number of morpholine rings is 1. The molecule has 0 bridgehead atoms. The minimum Gasteiger partial charge on any atom is -0.476 e. The number of carboxylic acid groups (broad SMARTS) is 1. The summed E-state index contributed by atoms with van der Waals surface area (Å²) >= 11 is 12.0. The Kier molecular flexibility index (Phi) is 6.66. The molecule has 2 N–H and O–H groups in total. The fraction of sp³-hybridized carbons (Fsp3) is 0.182. The summed E-state index contributed by atoms with van der Waals surface area (Å²) in [6, 6.07) is 13.6. The number of hydrogen-bond acceptors (Lipinski definition) is 6. The van der Waals surface area contributed by atoms with Crippen molar-refractivity contribution < 1.29 is 19.4 Å². The highest BCUT2D eigenvalue weighted by molar-refractivity contribution is 6.31. The number of halogens is 2. The highest BCUT2D eigenvalue weighted by atomic mass is 35.5. The van der Waals surface area contributed by atoms with Gasteiger partial charge in [-0.25, -0.2) is 19.8 Å². The molecule has 0 atom stereocenters. The van der Waals surface area contributed by atoms with Crippen LogP contribution in [0.15, 0.2) is 48.5 Å². The van der Waals surface area contributed by atoms with Gasteiger partial charge >= 0.3 is 5.97 Å². The van der Waals surface area contributed by atoms with E-state index in [-0.39, 0.29) is 5.69 Å². The fourth-order valence-corrected chi connectivity index (χ4v) is 3.48. The second-order valence-electron chi connectivity index (χ2n) is 6.98. The van der Waals surface area contributed by atoms with Crippen LogP contribution in [0, 0.1) is 0 Å². The van der Waals surface area contributed by atoms with Crippen LogP contribution in [0.25, 0.3) is 22.5 Å². The zero-order valence-corrected chi connectivity index (χ0v) is 18.2. The van der Waals surface area contributed by atoms with Crippen molar-refractivity contribution in [2.75, 3.05) is 26.3 Å². The Balaban J connectivity index is 1.85. The molecular weight excluding hydrogens is 455 g/mol. The zero-order valence-electron chi connectivity index (χ0n) is 16.7. The van der Waals surface area contributed by atoms with E-state index >= 15 is 0 Å². The predicted molar refractivity (Wildman–Crippen MR) is 120 cm³/mol. The van der Waals surface area contributed by atoms with Crippen molar-refractivity contribution in [1.82, 2.24) is 20.4 Å². The van der Waals surface area contributed by atoms with E-state index in [9.17, 15) is 14.7 Å². The Labute approximate surface area is 193 Å². The quantitative estimate of drug-likeness (QED) is 0.581. The number of aromatic nitrogens is 2. The summed E-state index contributed by atoms with van der Waals surface area (Å²) in [7, 11) is 0. The third kappa shape index (κ3) is 4.89. The van der Waals surface area contributed by atoms with Gasteiger partial charge in [0.1, 0.15) is 0 Å². The number of carboxylic acids is 1. The third-order valence-corrected chi connectivity index (χ3v) is 5.32. The number of benzene rings is 2. The predicted octanol–water partition coefficient (Wildman–Crippen LogP) is 3.79.